The van der Waals surface area contributed by atoms with Gasteiger partial charge < -0.3 is 9.47 Å². The molecule has 1 aromatic rings. The summed E-state index contributed by atoms with van der Waals surface area (Å²) in [7, 11) is 0. The van der Waals surface area contributed by atoms with Crippen LogP contribution in [0.2, 0.25) is 0 Å². The highest BCUT2D eigenvalue weighted by Crippen LogP contribution is 2.37. The van der Waals surface area contributed by atoms with E-state index in [2.05, 4.69) is 19.9 Å². The Morgan fingerprint density at radius 1 is 1.06 bits per heavy atom. The maximum atomic E-state index is 5.49. The van der Waals surface area contributed by atoms with Gasteiger partial charge in [-0.15, -0.1) is 0 Å². The monoisotopic (exact) mass is 234 g/mol. The van der Waals surface area contributed by atoms with Crippen molar-refractivity contribution in [2.75, 3.05) is 6.79 Å². The molecule has 1 aliphatic rings. The van der Waals surface area contributed by atoms with Gasteiger partial charge >= 0.3 is 0 Å². The molecular formula is C15H22O2. The standard InChI is InChI=1S/C15H22O2/c1-3-4-5-6-7-8-13-9-10-14-15(12(13)2)17-11-16-14/h9-10H,3-8,11H2,1-2H3. The van der Waals surface area contributed by atoms with Gasteiger partial charge in [0.05, 0.1) is 0 Å². The van der Waals surface area contributed by atoms with E-state index in [9.17, 15) is 0 Å². The lowest BCUT2D eigenvalue weighted by Crippen LogP contribution is -1.94. The summed E-state index contributed by atoms with van der Waals surface area (Å²) in [5.41, 5.74) is 2.67. The van der Waals surface area contributed by atoms with Crippen LogP contribution in [0.3, 0.4) is 0 Å². The van der Waals surface area contributed by atoms with Crippen LogP contribution in [0, 0.1) is 6.92 Å². The van der Waals surface area contributed by atoms with Gasteiger partial charge in [0.2, 0.25) is 6.79 Å². The maximum absolute atomic E-state index is 5.49. The zero-order valence-corrected chi connectivity index (χ0v) is 10.9. The molecule has 0 amide bonds. The lowest BCUT2D eigenvalue weighted by molar-refractivity contribution is 0.173. The normalized spacial score (nSPS) is 13.1. The predicted octanol–water partition coefficient (Wildman–Crippen LogP) is 4.24. The first-order chi connectivity index (χ1) is 8.33. The van der Waals surface area contributed by atoms with E-state index in [-0.39, 0.29) is 0 Å². The summed E-state index contributed by atoms with van der Waals surface area (Å²) in [5, 5.41) is 0. The third kappa shape index (κ3) is 2.93. The lowest BCUT2D eigenvalue weighted by Gasteiger charge is -2.08. The summed E-state index contributed by atoms with van der Waals surface area (Å²) in [6.45, 7) is 4.76. The maximum Gasteiger partial charge on any atom is 0.231 e. The molecule has 0 atom stereocenters. The number of hydrogen-bond acceptors (Lipinski definition) is 2. The van der Waals surface area contributed by atoms with Gasteiger partial charge in [0.25, 0.3) is 0 Å². The molecule has 2 rings (SSSR count). The fourth-order valence-electron chi connectivity index (χ4n) is 2.34. The van der Waals surface area contributed by atoms with Crippen molar-refractivity contribution < 1.29 is 9.47 Å². The minimum atomic E-state index is 0.371. The fourth-order valence-corrected chi connectivity index (χ4v) is 2.34. The van der Waals surface area contributed by atoms with Crippen molar-refractivity contribution in [3.8, 4) is 11.5 Å². The van der Waals surface area contributed by atoms with Gasteiger partial charge in [0.1, 0.15) is 0 Å². The molecule has 0 N–H and O–H groups in total. The second kappa shape index (κ2) is 5.95. The van der Waals surface area contributed by atoms with Gasteiger partial charge in [-0.2, -0.15) is 0 Å². The van der Waals surface area contributed by atoms with E-state index >= 15 is 0 Å². The quantitative estimate of drug-likeness (QED) is 0.685. The lowest BCUT2D eigenvalue weighted by atomic mass is 10.0. The van der Waals surface area contributed by atoms with Crippen LogP contribution in [-0.4, -0.2) is 6.79 Å². The Labute approximate surface area is 104 Å². The molecule has 0 saturated carbocycles. The summed E-state index contributed by atoms with van der Waals surface area (Å²) in [4.78, 5) is 0. The van der Waals surface area contributed by atoms with Gasteiger partial charge in [0, 0.05) is 0 Å². The molecule has 0 radical (unpaired) electrons. The van der Waals surface area contributed by atoms with E-state index in [1.54, 1.807) is 0 Å². The summed E-state index contributed by atoms with van der Waals surface area (Å²) in [6.07, 6.45) is 7.80. The summed E-state index contributed by atoms with van der Waals surface area (Å²) >= 11 is 0. The predicted molar refractivity (Wildman–Crippen MR) is 69.8 cm³/mol. The van der Waals surface area contributed by atoms with Crippen molar-refractivity contribution in [1.82, 2.24) is 0 Å². The Bertz CT molecular complexity index is 371. The SMILES string of the molecule is CCCCCCCc1ccc2c(c1C)OCO2. The average molecular weight is 234 g/mol. The Hall–Kier alpha value is -1.18. The van der Waals surface area contributed by atoms with E-state index in [1.165, 1.54) is 43.2 Å². The zero-order chi connectivity index (χ0) is 12.1. The van der Waals surface area contributed by atoms with Crippen LogP contribution in [0.25, 0.3) is 0 Å². The highest BCUT2D eigenvalue weighted by atomic mass is 16.7. The van der Waals surface area contributed by atoms with Crippen LogP contribution in [0.4, 0.5) is 0 Å². The van der Waals surface area contributed by atoms with Gasteiger partial charge in [-0.25, -0.2) is 0 Å². The largest absolute Gasteiger partial charge is 0.454 e. The molecule has 1 heterocycles. The van der Waals surface area contributed by atoms with Crippen LogP contribution in [0.5, 0.6) is 11.5 Å². The molecule has 94 valence electrons. The van der Waals surface area contributed by atoms with Gasteiger partial charge in [-0.3, -0.25) is 0 Å². The smallest absolute Gasteiger partial charge is 0.231 e. The van der Waals surface area contributed by atoms with Crippen molar-refractivity contribution in [3.63, 3.8) is 0 Å². The molecule has 0 saturated heterocycles. The minimum absolute atomic E-state index is 0.371. The minimum Gasteiger partial charge on any atom is -0.454 e. The van der Waals surface area contributed by atoms with E-state index < -0.39 is 0 Å². The molecule has 0 unspecified atom stereocenters. The van der Waals surface area contributed by atoms with E-state index in [0.29, 0.717) is 6.79 Å². The molecule has 17 heavy (non-hydrogen) atoms. The first kappa shape index (κ1) is 12.3. The van der Waals surface area contributed by atoms with Crippen molar-refractivity contribution >= 4 is 0 Å². The highest BCUT2D eigenvalue weighted by molar-refractivity contribution is 5.51. The number of fused-ring (bicyclic) bond motifs is 1. The molecule has 0 bridgehead atoms. The average Bonchev–Trinajstić information content (AvgIpc) is 2.80. The van der Waals surface area contributed by atoms with Crippen molar-refractivity contribution in [2.45, 2.75) is 52.4 Å². The zero-order valence-electron chi connectivity index (χ0n) is 10.9. The molecule has 0 spiro atoms. The molecule has 2 heteroatoms. The van der Waals surface area contributed by atoms with Crippen LogP contribution < -0.4 is 9.47 Å². The Balaban J connectivity index is 1.89. The number of unbranched alkanes of at least 4 members (excludes halogenated alkanes) is 4. The van der Waals surface area contributed by atoms with Crippen LogP contribution in [0.1, 0.15) is 50.2 Å². The number of ether oxygens (including phenoxy) is 2. The van der Waals surface area contributed by atoms with Crippen molar-refractivity contribution in [1.29, 1.82) is 0 Å². The third-order valence-corrected chi connectivity index (χ3v) is 3.45. The first-order valence-corrected chi connectivity index (χ1v) is 6.71. The van der Waals surface area contributed by atoms with Crippen LogP contribution in [-0.2, 0) is 6.42 Å². The first-order valence-electron chi connectivity index (χ1n) is 6.71. The Kier molecular flexibility index (Phi) is 4.29. The Morgan fingerprint density at radius 2 is 1.88 bits per heavy atom. The number of benzene rings is 1. The van der Waals surface area contributed by atoms with Crippen molar-refractivity contribution in [2.24, 2.45) is 0 Å². The van der Waals surface area contributed by atoms with Gasteiger partial charge in [-0.05, 0) is 37.0 Å². The van der Waals surface area contributed by atoms with Gasteiger partial charge in [0.15, 0.2) is 11.5 Å². The second-order valence-electron chi connectivity index (χ2n) is 4.75. The molecule has 0 fully saturated rings. The van der Waals surface area contributed by atoms with E-state index in [0.717, 1.165) is 17.9 Å². The van der Waals surface area contributed by atoms with E-state index in [1.807, 2.05) is 6.07 Å². The topological polar surface area (TPSA) is 18.5 Å². The summed E-state index contributed by atoms with van der Waals surface area (Å²) < 4.78 is 10.9. The molecular weight excluding hydrogens is 212 g/mol. The third-order valence-electron chi connectivity index (χ3n) is 3.45. The van der Waals surface area contributed by atoms with Crippen LogP contribution >= 0.6 is 0 Å². The molecule has 0 aromatic heterocycles. The van der Waals surface area contributed by atoms with Gasteiger partial charge in [-0.1, -0.05) is 38.7 Å². The molecule has 1 aromatic carbocycles. The van der Waals surface area contributed by atoms with Crippen molar-refractivity contribution in [3.05, 3.63) is 23.3 Å². The summed E-state index contributed by atoms with van der Waals surface area (Å²) in [5.74, 6) is 1.85. The molecule has 2 nitrogen and oxygen atoms in total. The second-order valence-corrected chi connectivity index (χ2v) is 4.75. The number of rotatable bonds is 6. The van der Waals surface area contributed by atoms with E-state index in [4.69, 9.17) is 9.47 Å². The number of hydrogen-bond donors (Lipinski definition) is 0. The Morgan fingerprint density at radius 3 is 2.71 bits per heavy atom. The number of aryl methyl sites for hydroxylation is 1. The molecule has 0 aliphatic carbocycles. The van der Waals surface area contributed by atoms with Crippen LogP contribution in [0.15, 0.2) is 12.1 Å². The fraction of sp³-hybridized carbons (Fsp3) is 0.600. The highest BCUT2D eigenvalue weighted by Gasteiger charge is 2.17. The summed E-state index contributed by atoms with van der Waals surface area (Å²) in [6, 6.07) is 4.22. The molecule has 1 aliphatic heterocycles.